The smallest absolute Gasteiger partial charge is 0.418 e. The van der Waals surface area contributed by atoms with Gasteiger partial charge in [-0.25, -0.2) is 4.79 Å². The van der Waals surface area contributed by atoms with Gasteiger partial charge >= 0.3 is 12.2 Å². The van der Waals surface area contributed by atoms with Crippen molar-refractivity contribution in [1.82, 2.24) is 5.32 Å². The SMILES string of the molecule is O=C(NCCc1ccc2c(c1)OCCO2)Nc1ccccc1C(F)(F)F. The number of rotatable bonds is 4. The van der Waals surface area contributed by atoms with Gasteiger partial charge < -0.3 is 20.1 Å². The van der Waals surface area contributed by atoms with Crippen molar-refractivity contribution in [3.05, 3.63) is 53.6 Å². The fourth-order valence-electron chi connectivity index (χ4n) is 2.57. The summed E-state index contributed by atoms with van der Waals surface area (Å²) in [5, 5.41) is 4.79. The molecular weight excluding hydrogens is 349 g/mol. The molecule has 0 unspecified atom stereocenters. The highest BCUT2D eigenvalue weighted by Crippen LogP contribution is 2.34. The van der Waals surface area contributed by atoms with Gasteiger partial charge in [-0.05, 0) is 36.2 Å². The third kappa shape index (κ3) is 4.38. The molecule has 0 saturated heterocycles. The van der Waals surface area contributed by atoms with Crippen molar-refractivity contribution in [1.29, 1.82) is 0 Å². The summed E-state index contributed by atoms with van der Waals surface area (Å²) >= 11 is 0. The van der Waals surface area contributed by atoms with E-state index in [4.69, 9.17) is 9.47 Å². The Balaban J connectivity index is 1.54. The van der Waals surface area contributed by atoms with Crippen molar-refractivity contribution >= 4 is 11.7 Å². The van der Waals surface area contributed by atoms with Gasteiger partial charge in [0.05, 0.1) is 11.3 Å². The Morgan fingerprint density at radius 1 is 1.04 bits per heavy atom. The van der Waals surface area contributed by atoms with Crippen molar-refractivity contribution in [3.63, 3.8) is 0 Å². The van der Waals surface area contributed by atoms with Crippen molar-refractivity contribution in [2.75, 3.05) is 25.1 Å². The van der Waals surface area contributed by atoms with Crippen molar-refractivity contribution in [2.24, 2.45) is 0 Å². The van der Waals surface area contributed by atoms with Crippen LogP contribution in [0.4, 0.5) is 23.7 Å². The summed E-state index contributed by atoms with van der Waals surface area (Å²) in [4.78, 5) is 11.9. The molecule has 5 nitrogen and oxygen atoms in total. The highest BCUT2D eigenvalue weighted by molar-refractivity contribution is 5.90. The molecular formula is C18H17F3N2O3. The lowest BCUT2D eigenvalue weighted by Crippen LogP contribution is -2.31. The van der Waals surface area contributed by atoms with Crippen LogP contribution in [-0.4, -0.2) is 25.8 Å². The predicted octanol–water partition coefficient (Wildman–Crippen LogP) is 3.84. The highest BCUT2D eigenvalue weighted by atomic mass is 19.4. The van der Waals surface area contributed by atoms with E-state index in [1.807, 2.05) is 12.1 Å². The number of carbonyl (C=O) groups is 1. The first-order valence-corrected chi connectivity index (χ1v) is 8.03. The van der Waals surface area contributed by atoms with E-state index in [0.29, 0.717) is 31.1 Å². The number of anilines is 1. The number of nitrogens with one attached hydrogen (secondary N) is 2. The van der Waals surface area contributed by atoms with Crippen LogP contribution in [0.5, 0.6) is 11.5 Å². The second kappa shape index (κ2) is 7.55. The lowest BCUT2D eigenvalue weighted by molar-refractivity contribution is -0.136. The monoisotopic (exact) mass is 366 g/mol. The van der Waals surface area contributed by atoms with Crippen LogP contribution in [0.3, 0.4) is 0 Å². The number of hydrogen-bond donors (Lipinski definition) is 2. The molecule has 0 bridgehead atoms. The summed E-state index contributed by atoms with van der Waals surface area (Å²) in [5.74, 6) is 1.33. The van der Waals surface area contributed by atoms with Crippen molar-refractivity contribution in [2.45, 2.75) is 12.6 Å². The lowest BCUT2D eigenvalue weighted by Gasteiger charge is -2.19. The maximum Gasteiger partial charge on any atom is 0.418 e. The van der Waals surface area contributed by atoms with E-state index in [-0.39, 0.29) is 12.2 Å². The van der Waals surface area contributed by atoms with E-state index >= 15 is 0 Å². The standard InChI is InChI=1S/C18H17F3N2O3/c19-18(20,21)13-3-1-2-4-14(13)23-17(24)22-8-7-12-5-6-15-16(11-12)26-10-9-25-15/h1-6,11H,7-10H2,(H2,22,23,24). The summed E-state index contributed by atoms with van der Waals surface area (Å²) < 4.78 is 49.7. The molecule has 2 amide bonds. The quantitative estimate of drug-likeness (QED) is 0.864. The third-order valence-electron chi connectivity index (χ3n) is 3.79. The van der Waals surface area contributed by atoms with Crippen molar-refractivity contribution < 1.29 is 27.4 Å². The van der Waals surface area contributed by atoms with Gasteiger partial charge in [-0.1, -0.05) is 18.2 Å². The first-order chi connectivity index (χ1) is 12.4. The molecule has 2 aromatic rings. The number of benzene rings is 2. The Morgan fingerprint density at radius 3 is 2.54 bits per heavy atom. The average Bonchev–Trinajstić information content (AvgIpc) is 2.61. The molecule has 2 N–H and O–H groups in total. The summed E-state index contributed by atoms with van der Waals surface area (Å²) in [6.45, 7) is 1.25. The van der Waals surface area contributed by atoms with E-state index in [1.165, 1.54) is 18.2 Å². The van der Waals surface area contributed by atoms with E-state index in [1.54, 1.807) is 6.07 Å². The van der Waals surface area contributed by atoms with Crippen LogP contribution in [0.15, 0.2) is 42.5 Å². The Bertz CT molecular complexity index is 793. The van der Waals surface area contributed by atoms with Gasteiger partial charge in [0.2, 0.25) is 0 Å². The predicted molar refractivity (Wildman–Crippen MR) is 89.6 cm³/mol. The number of amides is 2. The molecule has 1 aliphatic heterocycles. The number of urea groups is 1. The van der Waals surface area contributed by atoms with Gasteiger partial charge in [0.1, 0.15) is 13.2 Å². The van der Waals surface area contributed by atoms with E-state index < -0.39 is 17.8 Å². The topological polar surface area (TPSA) is 59.6 Å². The molecule has 0 fully saturated rings. The Kier molecular flexibility index (Phi) is 5.20. The normalized spacial score (nSPS) is 13.2. The molecule has 0 spiro atoms. The summed E-state index contributed by atoms with van der Waals surface area (Å²) in [5.41, 5.74) is -0.246. The van der Waals surface area contributed by atoms with Gasteiger partial charge in [0, 0.05) is 6.54 Å². The van der Waals surface area contributed by atoms with Gasteiger partial charge in [0.15, 0.2) is 11.5 Å². The maximum absolute atomic E-state index is 12.9. The number of fused-ring (bicyclic) bond motifs is 1. The molecule has 0 radical (unpaired) electrons. The van der Waals surface area contributed by atoms with Crippen LogP contribution in [0.2, 0.25) is 0 Å². The third-order valence-corrected chi connectivity index (χ3v) is 3.79. The van der Waals surface area contributed by atoms with E-state index in [9.17, 15) is 18.0 Å². The molecule has 2 aromatic carbocycles. The zero-order chi connectivity index (χ0) is 18.6. The molecule has 0 aliphatic carbocycles. The maximum atomic E-state index is 12.9. The molecule has 1 heterocycles. The molecule has 0 saturated carbocycles. The van der Waals surface area contributed by atoms with Crippen LogP contribution in [0.1, 0.15) is 11.1 Å². The van der Waals surface area contributed by atoms with Crippen LogP contribution in [-0.2, 0) is 12.6 Å². The molecule has 8 heteroatoms. The largest absolute Gasteiger partial charge is 0.486 e. The summed E-state index contributed by atoms with van der Waals surface area (Å²) in [6.07, 6.45) is -4.03. The van der Waals surface area contributed by atoms with Crippen molar-refractivity contribution in [3.8, 4) is 11.5 Å². The lowest BCUT2D eigenvalue weighted by atomic mass is 10.1. The average molecular weight is 366 g/mol. The zero-order valence-corrected chi connectivity index (χ0v) is 13.7. The Morgan fingerprint density at radius 2 is 1.77 bits per heavy atom. The number of alkyl halides is 3. The van der Waals surface area contributed by atoms with E-state index in [2.05, 4.69) is 10.6 Å². The summed E-state index contributed by atoms with van der Waals surface area (Å²) in [6, 6.07) is 9.61. The zero-order valence-electron chi connectivity index (χ0n) is 13.7. The van der Waals surface area contributed by atoms with Gasteiger partial charge in [-0.15, -0.1) is 0 Å². The van der Waals surface area contributed by atoms with Crippen LogP contribution in [0.25, 0.3) is 0 Å². The number of carbonyl (C=O) groups excluding carboxylic acids is 1. The van der Waals surface area contributed by atoms with Gasteiger partial charge in [0.25, 0.3) is 0 Å². The van der Waals surface area contributed by atoms with E-state index in [0.717, 1.165) is 11.6 Å². The summed E-state index contributed by atoms with van der Waals surface area (Å²) in [7, 11) is 0. The van der Waals surface area contributed by atoms with Gasteiger partial charge in [-0.2, -0.15) is 13.2 Å². The molecule has 1 aliphatic rings. The minimum Gasteiger partial charge on any atom is -0.486 e. The number of hydrogen-bond acceptors (Lipinski definition) is 3. The first-order valence-electron chi connectivity index (χ1n) is 8.03. The molecule has 138 valence electrons. The Hall–Kier alpha value is -2.90. The molecule has 0 atom stereocenters. The number of halogens is 3. The Labute approximate surface area is 148 Å². The number of ether oxygens (including phenoxy) is 2. The van der Waals surface area contributed by atoms with Gasteiger partial charge in [-0.3, -0.25) is 0 Å². The van der Waals surface area contributed by atoms with Crippen LogP contribution >= 0.6 is 0 Å². The fourth-order valence-corrected chi connectivity index (χ4v) is 2.57. The fraction of sp³-hybridized carbons (Fsp3) is 0.278. The van der Waals surface area contributed by atoms with Crippen LogP contribution < -0.4 is 20.1 Å². The second-order valence-electron chi connectivity index (χ2n) is 5.65. The minimum absolute atomic E-state index is 0.264. The number of para-hydroxylation sites is 1. The highest BCUT2D eigenvalue weighted by Gasteiger charge is 2.33. The first kappa shape index (κ1) is 17.9. The molecule has 26 heavy (non-hydrogen) atoms. The molecule has 3 rings (SSSR count). The molecule has 0 aromatic heterocycles. The minimum atomic E-state index is -4.53. The van der Waals surface area contributed by atoms with Crippen LogP contribution in [0, 0.1) is 0 Å². The second-order valence-corrected chi connectivity index (χ2v) is 5.65.